The first kappa shape index (κ1) is 10.7. The van der Waals surface area contributed by atoms with E-state index < -0.39 is 18.0 Å². The van der Waals surface area contributed by atoms with Crippen LogP contribution < -0.4 is 0 Å². The number of hydrogen-bond acceptors (Lipinski definition) is 4. The van der Waals surface area contributed by atoms with Gasteiger partial charge in [0.1, 0.15) is 11.7 Å². The normalized spacial score (nSPS) is 39.3. The van der Waals surface area contributed by atoms with E-state index in [1.807, 2.05) is 0 Å². The number of ether oxygens (including phenoxy) is 2. The summed E-state index contributed by atoms with van der Waals surface area (Å²) >= 11 is 0. The molecule has 1 saturated heterocycles. The lowest BCUT2D eigenvalue weighted by Gasteiger charge is -2.24. The van der Waals surface area contributed by atoms with Crippen LogP contribution in [0.3, 0.4) is 0 Å². The van der Waals surface area contributed by atoms with Crippen molar-refractivity contribution in [1.29, 1.82) is 0 Å². The fraction of sp³-hybridized carbons (Fsp3) is 0.778. The second kappa shape index (κ2) is 4.19. The van der Waals surface area contributed by atoms with E-state index in [0.29, 0.717) is 12.8 Å². The summed E-state index contributed by atoms with van der Waals surface area (Å²) in [6, 6.07) is 0. The van der Waals surface area contributed by atoms with Crippen LogP contribution in [-0.2, 0) is 9.47 Å². The van der Waals surface area contributed by atoms with E-state index in [4.69, 9.17) is 14.6 Å². The topological polar surface area (TPSA) is 58.9 Å². The van der Waals surface area contributed by atoms with Crippen LogP contribution in [0, 0.1) is 0 Å². The minimum absolute atomic E-state index is 0.204. The van der Waals surface area contributed by atoms with Gasteiger partial charge < -0.3 is 19.7 Å². The Bertz CT molecular complexity index is 182. The third-order valence-electron chi connectivity index (χ3n) is 2.36. The first-order chi connectivity index (χ1) is 6.16. The molecule has 0 spiro atoms. The highest BCUT2D eigenvalue weighted by atomic mass is 16.7. The molecular formula is C9H16O4. The molecule has 0 aromatic rings. The second-order valence-corrected chi connectivity index (χ2v) is 3.27. The highest BCUT2D eigenvalue weighted by molar-refractivity contribution is 4.97. The van der Waals surface area contributed by atoms with Crippen molar-refractivity contribution >= 4 is 0 Å². The summed E-state index contributed by atoms with van der Waals surface area (Å²) < 4.78 is 10.2. The average Bonchev–Trinajstić information content (AvgIpc) is 2.43. The van der Waals surface area contributed by atoms with Gasteiger partial charge >= 0.3 is 0 Å². The maximum atomic E-state index is 10.0. The molecule has 0 saturated carbocycles. The van der Waals surface area contributed by atoms with Gasteiger partial charge in [0.25, 0.3) is 0 Å². The smallest absolute Gasteiger partial charge is 0.160 e. The largest absolute Gasteiger partial charge is 0.394 e. The summed E-state index contributed by atoms with van der Waals surface area (Å²) in [6.07, 6.45) is 1.39. The van der Waals surface area contributed by atoms with E-state index in [0.717, 1.165) is 0 Å². The Morgan fingerprint density at radius 1 is 1.77 bits per heavy atom. The fourth-order valence-electron chi connectivity index (χ4n) is 1.59. The van der Waals surface area contributed by atoms with Crippen molar-refractivity contribution in [3.05, 3.63) is 12.7 Å². The molecule has 1 aliphatic heterocycles. The zero-order chi connectivity index (χ0) is 9.90. The van der Waals surface area contributed by atoms with Gasteiger partial charge in [0.05, 0.1) is 6.61 Å². The molecule has 0 aromatic carbocycles. The van der Waals surface area contributed by atoms with Gasteiger partial charge in [-0.2, -0.15) is 0 Å². The van der Waals surface area contributed by atoms with Gasteiger partial charge in [-0.1, -0.05) is 6.08 Å². The quantitative estimate of drug-likeness (QED) is 0.612. The molecule has 13 heavy (non-hydrogen) atoms. The Kier molecular flexibility index (Phi) is 3.44. The summed E-state index contributed by atoms with van der Waals surface area (Å²) in [5.74, 6) is 0. The molecule has 0 bridgehead atoms. The maximum Gasteiger partial charge on any atom is 0.160 e. The van der Waals surface area contributed by atoms with Gasteiger partial charge in [0.15, 0.2) is 6.29 Å². The molecule has 1 aliphatic rings. The van der Waals surface area contributed by atoms with Gasteiger partial charge in [0, 0.05) is 13.5 Å². The summed E-state index contributed by atoms with van der Waals surface area (Å²) in [4.78, 5) is 0. The van der Waals surface area contributed by atoms with Crippen LogP contribution in [0.25, 0.3) is 0 Å². The molecule has 0 aromatic heterocycles. The molecule has 1 fully saturated rings. The van der Waals surface area contributed by atoms with E-state index in [-0.39, 0.29) is 6.61 Å². The minimum Gasteiger partial charge on any atom is -0.394 e. The van der Waals surface area contributed by atoms with Crippen molar-refractivity contribution in [2.24, 2.45) is 0 Å². The fourth-order valence-corrected chi connectivity index (χ4v) is 1.59. The third kappa shape index (κ3) is 2.08. The van der Waals surface area contributed by atoms with Crippen molar-refractivity contribution in [2.45, 2.75) is 30.8 Å². The van der Waals surface area contributed by atoms with E-state index in [1.54, 1.807) is 6.08 Å². The molecule has 0 amide bonds. The zero-order valence-electron chi connectivity index (χ0n) is 7.77. The van der Waals surface area contributed by atoms with Crippen LogP contribution in [0.15, 0.2) is 12.7 Å². The lowest BCUT2D eigenvalue weighted by molar-refractivity contribution is -0.134. The highest BCUT2D eigenvalue weighted by Gasteiger charge is 2.46. The van der Waals surface area contributed by atoms with Crippen molar-refractivity contribution < 1.29 is 19.7 Å². The summed E-state index contributed by atoms with van der Waals surface area (Å²) in [7, 11) is 1.51. The number of hydrogen-bond donors (Lipinski definition) is 2. The third-order valence-corrected chi connectivity index (χ3v) is 2.36. The number of aliphatic hydroxyl groups is 2. The number of rotatable bonds is 4. The molecule has 1 heterocycles. The monoisotopic (exact) mass is 188 g/mol. The van der Waals surface area contributed by atoms with E-state index in [2.05, 4.69) is 6.58 Å². The standard InChI is InChI=1S/C9H16O4/c1-3-4-9(11)5-8(12-2)13-7(9)6-10/h3,7-8,10-11H,1,4-6H2,2H3/t7-,8+,9-/m1/s1. The predicted molar refractivity (Wildman–Crippen MR) is 47.1 cm³/mol. The van der Waals surface area contributed by atoms with E-state index in [9.17, 15) is 5.11 Å². The maximum absolute atomic E-state index is 10.0. The predicted octanol–water partition coefficient (Wildman–Crippen LogP) is 0.0473. The van der Waals surface area contributed by atoms with Gasteiger partial charge in [-0.05, 0) is 6.42 Å². The molecule has 4 heteroatoms. The van der Waals surface area contributed by atoms with Gasteiger partial charge in [-0.3, -0.25) is 0 Å². The molecule has 0 unspecified atom stereocenters. The zero-order valence-corrected chi connectivity index (χ0v) is 7.77. The molecule has 0 radical (unpaired) electrons. The first-order valence-electron chi connectivity index (χ1n) is 4.28. The summed E-state index contributed by atoms with van der Waals surface area (Å²) in [6.45, 7) is 3.35. The minimum atomic E-state index is -1.03. The Labute approximate surface area is 77.8 Å². The molecule has 76 valence electrons. The number of aliphatic hydroxyl groups excluding tert-OH is 1. The van der Waals surface area contributed by atoms with Crippen LogP contribution in [0.4, 0.5) is 0 Å². The van der Waals surface area contributed by atoms with Crippen LogP contribution >= 0.6 is 0 Å². The summed E-state index contributed by atoms with van der Waals surface area (Å²) in [5.41, 5.74) is -1.03. The van der Waals surface area contributed by atoms with Crippen molar-refractivity contribution in [3.8, 4) is 0 Å². The van der Waals surface area contributed by atoms with Gasteiger partial charge in [-0.25, -0.2) is 0 Å². The lowest BCUT2D eigenvalue weighted by atomic mass is 9.92. The summed E-state index contributed by atoms with van der Waals surface area (Å²) in [5, 5.41) is 19.0. The van der Waals surface area contributed by atoms with Crippen LogP contribution in [0.2, 0.25) is 0 Å². The van der Waals surface area contributed by atoms with Crippen molar-refractivity contribution in [1.82, 2.24) is 0 Å². The SMILES string of the molecule is C=CC[C@@]1(O)C[C@@H](OC)O[C@@H]1CO. The Balaban J connectivity index is 2.65. The number of methoxy groups -OCH3 is 1. The highest BCUT2D eigenvalue weighted by Crippen LogP contribution is 2.33. The van der Waals surface area contributed by atoms with Crippen molar-refractivity contribution in [3.63, 3.8) is 0 Å². The second-order valence-electron chi connectivity index (χ2n) is 3.27. The van der Waals surface area contributed by atoms with Crippen LogP contribution in [0.1, 0.15) is 12.8 Å². The Morgan fingerprint density at radius 3 is 2.92 bits per heavy atom. The van der Waals surface area contributed by atoms with E-state index >= 15 is 0 Å². The first-order valence-corrected chi connectivity index (χ1v) is 4.28. The average molecular weight is 188 g/mol. The Morgan fingerprint density at radius 2 is 2.46 bits per heavy atom. The molecule has 2 N–H and O–H groups in total. The molecular weight excluding hydrogens is 172 g/mol. The Hall–Kier alpha value is -0.420. The van der Waals surface area contributed by atoms with Crippen molar-refractivity contribution in [2.75, 3.05) is 13.7 Å². The molecule has 1 rings (SSSR count). The van der Waals surface area contributed by atoms with Gasteiger partial charge in [-0.15, -0.1) is 6.58 Å². The van der Waals surface area contributed by atoms with E-state index in [1.165, 1.54) is 7.11 Å². The molecule has 0 aliphatic carbocycles. The van der Waals surface area contributed by atoms with Gasteiger partial charge in [0.2, 0.25) is 0 Å². The molecule has 4 nitrogen and oxygen atoms in total. The lowest BCUT2D eigenvalue weighted by Crippen LogP contribution is -2.39. The molecule has 3 atom stereocenters. The van der Waals surface area contributed by atoms with Crippen LogP contribution in [-0.4, -0.2) is 41.9 Å². The van der Waals surface area contributed by atoms with Crippen LogP contribution in [0.5, 0.6) is 0 Å².